The van der Waals surface area contributed by atoms with E-state index in [2.05, 4.69) is 17.4 Å². The average Bonchev–Trinajstić information content (AvgIpc) is 2.05. The van der Waals surface area contributed by atoms with Crippen molar-refractivity contribution in [3.63, 3.8) is 0 Å². The molecule has 2 rings (SSSR count). The van der Waals surface area contributed by atoms with Crippen LogP contribution in [0.2, 0.25) is 0 Å². The molecule has 0 aromatic carbocycles. The lowest BCUT2D eigenvalue weighted by molar-refractivity contribution is 0.638. The van der Waals surface area contributed by atoms with E-state index in [9.17, 15) is 0 Å². The molecule has 0 aromatic heterocycles. The largest absolute Gasteiger partial charge is 0.324 e. The fraction of sp³-hybridized carbons (Fsp3) is 0. The number of nitrogens with zero attached hydrogens (tertiary/aromatic N) is 1. The van der Waals surface area contributed by atoms with Gasteiger partial charge in [0.2, 0.25) is 0 Å². The predicted molar refractivity (Wildman–Crippen MR) is 40.6 cm³/mol. The van der Waals surface area contributed by atoms with Crippen LogP contribution in [0.15, 0.2) is 48.5 Å². The Morgan fingerprint density at radius 3 is 3.10 bits per heavy atom. The van der Waals surface area contributed by atoms with Crippen molar-refractivity contribution in [3.8, 4) is 0 Å². The first kappa shape index (κ1) is 5.54. The molecule has 0 aliphatic carbocycles. The van der Waals surface area contributed by atoms with E-state index < -0.39 is 0 Å². The van der Waals surface area contributed by atoms with Crippen LogP contribution in [0.5, 0.6) is 0 Å². The van der Waals surface area contributed by atoms with Gasteiger partial charge in [0.25, 0.3) is 0 Å². The zero-order valence-corrected chi connectivity index (χ0v) is 5.49. The molecule has 48 valence electrons. The fourth-order valence-corrected chi connectivity index (χ4v) is 0.984. The minimum Gasteiger partial charge on any atom is -0.324 e. The van der Waals surface area contributed by atoms with Crippen molar-refractivity contribution in [2.45, 2.75) is 0 Å². The van der Waals surface area contributed by atoms with Crippen LogP contribution in [0.3, 0.4) is 0 Å². The lowest BCUT2D eigenvalue weighted by Gasteiger charge is -2.21. The summed E-state index contributed by atoms with van der Waals surface area (Å²) in [5.41, 5.74) is 1.17. The van der Waals surface area contributed by atoms with E-state index in [1.807, 2.05) is 36.7 Å². The van der Waals surface area contributed by atoms with Crippen LogP contribution in [0, 0.1) is 6.42 Å². The summed E-state index contributed by atoms with van der Waals surface area (Å²) in [5.74, 6) is 0. The van der Waals surface area contributed by atoms with E-state index in [4.69, 9.17) is 0 Å². The maximum atomic E-state index is 3.01. The van der Waals surface area contributed by atoms with Gasteiger partial charge in [0, 0.05) is 24.5 Å². The summed E-state index contributed by atoms with van der Waals surface area (Å²) in [6, 6.07) is 0. The van der Waals surface area contributed by atoms with Gasteiger partial charge in [-0.15, -0.1) is 0 Å². The van der Waals surface area contributed by atoms with Gasteiger partial charge in [0.1, 0.15) is 0 Å². The maximum absolute atomic E-state index is 3.01. The second-order valence-corrected chi connectivity index (χ2v) is 2.16. The predicted octanol–water partition coefficient (Wildman–Crippen LogP) is 1.86. The first-order valence-corrected chi connectivity index (χ1v) is 3.23. The van der Waals surface area contributed by atoms with Crippen molar-refractivity contribution in [2.24, 2.45) is 0 Å². The van der Waals surface area contributed by atoms with Crippen LogP contribution in [-0.4, -0.2) is 4.90 Å². The molecule has 0 amide bonds. The molecule has 0 aromatic rings. The third-order valence-electron chi connectivity index (χ3n) is 1.49. The molecule has 0 N–H and O–H groups in total. The molecular formula is C9H7N. The van der Waals surface area contributed by atoms with Crippen molar-refractivity contribution in [1.29, 1.82) is 0 Å². The number of rotatable bonds is 0. The van der Waals surface area contributed by atoms with Gasteiger partial charge in [0.05, 0.1) is 0 Å². The summed E-state index contributed by atoms with van der Waals surface area (Å²) in [6.07, 6.45) is 16.9. The van der Waals surface area contributed by atoms with Crippen LogP contribution >= 0.6 is 0 Å². The van der Waals surface area contributed by atoms with Crippen molar-refractivity contribution < 1.29 is 0 Å². The summed E-state index contributed by atoms with van der Waals surface area (Å²) in [7, 11) is 0. The molecule has 0 atom stereocenters. The Bertz CT molecular complexity index is 243. The smallest absolute Gasteiger partial charge is 0.0418 e. The Kier molecular flexibility index (Phi) is 1.21. The molecule has 0 saturated heterocycles. The van der Waals surface area contributed by atoms with Gasteiger partial charge < -0.3 is 4.90 Å². The average molecular weight is 129 g/mol. The molecule has 0 saturated carbocycles. The van der Waals surface area contributed by atoms with E-state index in [1.165, 1.54) is 5.70 Å². The van der Waals surface area contributed by atoms with Crippen molar-refractivity contribution in [2.75, 3.05) is 0 Å². The number of hydrogen-bond donors (Lipinski definition) is 0. The molecule has 2 radical (unpaired) electrons. The summed E-state index contributed by atoms with van der Waals surface area (Å²) in [5, 5.41) is 0. The quantitative estimate of drug-likeness (QED) is 0.482. The number of hydrogen-bond acceptors (Lipinski definition) is 1. The van der Waals surface area contributed by atoms with E-state index in [-0.39, 0.29) is 0 Å². The SMILES string of the molecule is [C]1C=CN2C=CC=CC2=C1. The van der Waals surface area contributed by atoms with Crippen molar-refractivity contribution in [1.82, 2.24) is 4.90 Å². The van der Waals surface area contributed by atoms with E-state index in [0.717, 1.165) is 0 Å². The molecule has 0 bridgehead atoms. The van der Waals surface area contributed by atoms with Crippen molar-refractivity contribution in [3.05, 3.63) is 54.9 Å². The van der Waals surface area contributed by atoms with Gasteiger partial charge in [-0.2, -0.15) is 0 Å². The van der Waals surface area contributed by atoms with Crippen LogP contribution in [0.1, 0.15) is 0 Å². The van der Waals surface area contributed by atoms with Crippen LogP contribution < -0.4 is 0 Å². The highest BCUT2D eigenvalue weighted by Gasteiger charge is 2.04. The highest BCUT2D eigenvalue weighted by Crippen LogP contribution is 2.16. The highest BCUT2D eigenvalue weighted by molar-refractivity contribution is 5.35. The zero-order chi connectivity index (χ0) is 6.81. The summed E-state index contributed by atoms with van der Waals surface area (Å²) >= 11 is 0. The van der Waals surface area contributed by atoms with Crippen LogP contribution in [-0.2, 0) is 0 Å². The highest BCUT2D eigenvalue weighted by atomic mass is 15.1. The Labute approximate surface area is 60.6 Å². The number of fused-ring (bicyclic) bond motifs is 1. The lowest BCUT2D eigenvalue weighted by atomic mass is 10.2. The Hall–Kier alpha value is -1.24. The molecule has 2 aliphatic heterocycles. The first-order valence-electron chi connectivity index (χ1n) is 3.23. The van der Waals surface area contributed by atoms with Gasteiger partial charge in [-0.05, 0) is 18.2 Å². The Morgan fingerprint density at radius 2 is 2.20 bits per heavy atom. The third-order valence-corrected chi connectivity index (χ3v) is 1.49. The molecule has 1 heteroatoms. The normalized spacial score (nSPS) is 20.8. The molecule has 0 spiro atoms. The van der Waals surface area contributed by atoms with Gasteiger partial charge in [-0.1, -0.05) is 12.2 Å². The zero-order valence-electron chi connectivity index (χ0n) is 5.49. The minimum absolute atomic E-state index is 1.17. The van der Waals surface area contributed by atoms with E-state index in [1.54, 1.807) is 0 Å². The van der Waals surface area contributed by atoms with E-state index >= 15 is 0 Å². The molecule has 1 nitrogen and oxygen atoms in total. The Morgan fingerprint density at radius 1 is 1.20 bits per heavy atom. The minimum atomic E-state index is 1.17. The molecule has 2 aliphatic rings. The topological polar surface area (TPSA) is 3.24 Å². The third kappa shape index (κ3) is 0.798. The standard InChI is InChI=1S/C9H7N/c1-3-7-10-8-4-2-6-9(10)5-1/h1,3-8H. The summed E-state index contributed by atoms with van der Waals surface area (Å²) < 4.78 is 0. The van der Waals surface area contributed by atoms with Gasteiger partial charge in [-0.3, -0.25) is 0 Å². The van der Waals surface area contributed by atoms with Crippen LogP contribution in [0.4, 0.5) is 0 Å². The molecular weight excluding hydrogens is 122 g/mol. The molecule has 0 unspecified atom stereocenters. The summed E-state index contributed by atoms with van der Waals surface area (Å²) in [6.45, 7) is 0. The van der Waals surface area contributed by atoms with Crippen LogP contribution in [0.25, 0.3) is 0 Å². The molecule has 0 fully saturated rings. The van der Waals surface area contributed by atoms with E-state index in [0.29, 0.717) is 0 Å². The lowest BCUT2D eigenvalue weighted by Crippen LogP contribution is -2.11. The van der Waals surface area contributed by atoms with Gasteiger partial charge in [-0.25, -0.2) is 0 Å². The second kappa shape index (κ2) is 2.18. The monoisotopic (exact) mass is 129 g/mol. The maximum Gasteiger partial charge on any atom is 0.0418 e. The second-order valence-electron chi connectivity index (χ2n) is 2.16. The molecule has 2 heterocycles. The Balaban J connectivity index is 2.33. The number of allylic oxidation sites excluding steroid dienone is 5. The van der Waals surface area contributed by atoms with Gasteiger partial charge >= 0.3 is 0 Å². The summed E-state index contributed by atoms with van der Waals surface area (Å²) in [4.78, 5) is 2.05. The van der Waals surface area contributed by atoms with Crippen molar-refractivity contribution >= 4 is 0 Å². The molecule has 10 heavy (non-hydrogen) atoms. The first-order chi connectivity index (χ1) is 4.97. The fourth-order valence-electron chi connectivity index (χ4n) is 0.984. The van der Waals surface area contributed by atoms with Gasteiger partial charge in [0.15, 0.2) is 0 Å².